The minimum Gasteiger partial charge on any atom is -0.480 e. The molecule has 3 atom stereocenters. The largest absolute Gasteiger partial charge is 0.480 e. The number of amides is 2. The summed E-state index contributed by atoms with van der Waals surface area (Å²) >= 11 is 0. The smallest absolute Gasteiger partial charge is 0.408 e. The van der Waals surface area contributed by atoms with E-state index in [0.29, 0.717) is 0 Å². The zero-order valence-corrected chi connectivity index (χ0v) is 18.6. The van der Waals surface area contributed by atoms with Crippen LogP contribution in [-0.4, -0.2) is 46.9 Å². The first-order chi connectivity index (χ1) is 13.9. The molecule has 0 heterocycles. The van der Waals surface area contributed by atoms with Crippen LogP contribution in [0.5, 0.6) is 0 Å². The molecule has 2 amide bonds. The SMILES string of the molecule is CC(C)C[C@H](NC(=O)[C@@H](NC(=O)OCc1ccccc1)C(C)OC(C)(C)C)C(=O)O. The van der Waals surface area contributed by atoms with Gasteiger partial charge in [-0.05, 0) is 45.6 Å². The second-order valence-electron chi connectivity index (χ2n) is 8.65. The summed E-state index contributed by atoms with van der Waals surface area (Å²) in [6, 6.07) is 6.94. The molecule has 0 bridgehead atoms. The number of hydrogen-bond donors (Lipinski definition) is 3. The van der Waals surface area contributed by atoms with Gasteiger partial charge in [0.15, 0.2) is 0 Å². The van der Waals surface area contributed by atoms with Gasteiger partial charge in [-0.3, -0.25) is 4.79 Å². The summed E-state index contributed by atoms with van der Waals surface area (Å²) in [7, 11) is 0. The average Bonchev–Trinajstić information content (AvgIpc) is 2.62. The van der Waals surface area contributed by atoms with Gasteiger partial charge in [0.2, 0.25) is 5.91 Å². The topological polar surface area (TPSA) is 114 Å². The first-order valence-electron chi connectivity index (χ1n) is 10.1. The summed E-state index contributed by atoms with van der Waals surface area (Å²) in [4.78, 5) is 36.7. The zero-order chi connectivity index (χ0) is 22.9. The number of carbonyl (C=O) groups is 3. The normalized spacial score (nSPS) is 14.5. The van der Waals surface area contributed by atoms with Gasteiger partial charge in [-0.1, -0.05) is 44.2 Å². The van der Waals surface area contributed by atoms with E-state index in [0.717, 1.165) is 5.56 Å². The number of ether oxygens (including phenoxy) is 2. The number of carbonyl (C=O) groups excluding carboxylic acids is 2. The van der Waals surface area contributed by atoms with Crippen LogP contribution in [0.1, 0.15) is 53.5 Å². The average molecular weight is 423 g/mol. The number of hydrogen-bond acceptors (Lipinski definition) is 5. The Bertz CT molecular complexity index is 699. The van der Waals surface area contributed by atoms with Crippen molar-refractivity contribution < 1.29 is 29.0 Å². The third kappa shape index (κ3) is 9.73. The van der Waals surface area contributed by atoms with E-state index in [1.54, 1.807) is 6.92 Å². The van der Waals surface area contributed by atoms with Crippen molar-refractivity contribution in [2.24, 2.45) is 5.92 Å². The number of alkyl carbamates (subject to hydrolysis) is 1. The molecule has 8 nitrogen and oxygen atoms in total. The number of carboxylic acid groups (broad SMARTS) is 1. The lowest BCUT2D eigenvalue weighted by molar-refractivity contribution is -0.144. The van der Waals surface area contributed by atoms with Crippen molar-refractivity contribution >= 4 is 18.0 Å². The van der Waals surface area contributed by atoms with Crippen molar-refractivity contribution in [2.45, 2.75) is 78.4 Å². The maximum absolute atomic E-state index is 12.9. The molecule has 0 fully saturated rings. The van der Waals surface area contributed by atoms with E-state index in [9.17, 15) is 19.5 Å². The lowest BCUT2D eigenvalue weighted by atomic mass is 10.0. The minimum absolute atomic E-state index is 0.0423. The van der Waals surface area contributed by atoms with E-state index >= 15 is 0 Å². The van der Waals surface area contributed by atoms with Crippen molar-refractivity contribution in [3.8, 4) is 0 Å². The second kappa shape index (κ2) is 11.5. The van der Waals surface area contributed by atoms with Crippen LogP contribution in [0.15, 0.2) is 30.3 Å². The van der Waals surface area contributed by atoms with E-state index in [4.69, 9.17) is 9.47 Å². The summed E-state index contributed by atoms with van der Waals surface area (Å²) < 4.78 is 11.0. The summed E-state index contributed by atoms with van der Waals surface area (Å²) in [5.74, 6) is -1.71. The van der Waals surface area contributed by atoms with E-state index in [1.165, 1.54) is 0 Å². The predicted molar refractivity (Wildman–Crippen MR) is 113 cm³/mol. The molecule has 1 unspecified atom stereocenters. The Morgan fingerprint density at radius 2 is 1.63 bits per heavy atom. The van der Waals surface area contributed by atoms with Crippen molar-refractivity contribution in [3.05, 3.63) is 35.9 Å². The Labute approximate surface area is 178 Å². The molecular formula is C22H34N2O6. The van der Waals surface area contributed by atoms with Gasteiger partial charge in [-0.2, -0.15) is 0 Å². The highest BCUT2D eigenvalue weighted by atomic mass is 16.6. The molecule has 0 saturated heterocycles. The van der Waals surface area contributed by atoms with Gasteiger partial charge in [0.05, 0.1) is 11.7 Å². The zero-order valence-electron chi connectivity index (χ0n) is 18.6. The second-order valence-corrected chi connectivity index (χ2v) is 8.65. The molecule has 0 aliphatic heterocycles. The van der Waals surface area contributed by atoms with Crippen LogP contribution in [0, 0.1) is 5.92 Å². The van der Waals surface area contributed by atoms with Crippen LogP contribution in [0.25, 0.3) is 0 Å². The summed E-state index contributed by atoms with van der Waals surface area (Å²) in [5, 5.41) is 14.4. The van der Waals surface area contributed by atoms with E-state index in [1.807, 2.05) is 65.0 Å². The third-order valence-electron chi connectivity index (χ3n) is 4.10. The molecule has 0 saturated carbocycles. The Balaban J connectivity index is 2.87. The predicted octanol–water partition coefficient (Wildman–Crippen LogP) is 3.10. The lowest BCUT2D eigenvalue weighted by Crippen LogP contribution is -2.57. The standard InChI is InChI=1S/C22H34N2O6/c1-14(2)12-17(20(26)27)23-19(25)18(15(3)30-22(4,5)6)24-21(28)29-13-16-10-8-7-9-11-16/h7-11,14-15,17-18H,12-13H2,1-6H3,(H,23,25)(H,24,28)(H,26,27)/t15?,17-,18-/m0/s1. The molecule has 0 spiro atoms. The summed E-state index contributed by atoms with van der Waals surface area (Å²) in [6.07, 6.45) is -1.25. The fraction of sp³-hybridized carbons (Fsp3) is 0.591. The maximum atomic E-state index is 12.9. The number of benzene rings is 1. The molecule has 1 aromatic carbocycles. The third-order valence-corrected chi connectivity index (χ3v) is 4.10. The molecule has 30 heavy (non-hydrogen) atoms. The Morgan fingerprint density at radius 1 is 1.03 bits per heavy atom. The van der Waals surface area contributed by atoms with Crippen LogP contribution in [0.4, 0.5) is 4.79 Å². The van der Waals surface area contributed by atoms with Crippen molar-refractivity contribution in [1.29, 1.82) is 0 Å². The Kier molecular flexibility index (Phi) is 9.78. The highest BCUT2D eigenvalue weighted by Gasteiger charge is 2.33. The molecule has 1 rings (SSSR count). The molecular weight excluding hydrogens is 388 g/mol. The lowest BCUT2D eigenvalue weighted by Gasteiger charge is -2.31. The van der Waals surface area contributed by atoms with Gasteiger partial charge in [0, 0.05) is 0 Å². The molecule has 0 aromatic heterocycles. The first-order valence-corrected chi connectivity index (χ1v) is 10.1. The van der Waals surface area contributed by atoms with Gasteiger partial charge in [-0.15, -0.1) is 0 Å². The Hall–Kier alpha value is -2.61. The van der Waals surface area contributed by atoms with Crippen LogP contribution in [0.2, 0.25) is 0 Å². The number of carboxylic acids is 1. The highest BCUT2D eigenvalue weighted by molar-refractivity contribution is 5.89. The van der Waals surface area contributed by atoms with Crippen molar-refractivity contribution in [2.75, 3.05) is 0 Å². The highest BCUT2D eigenvalue weighted by Crippen LogP contribution is 2.14. The van der Waals surface area contributed by atoms with E-state index in [2.05, 4.69) is 10.6 Å². The molecule has 0 radical (unpaired) electrons. The van der Waals surface area contributed by atoms with Gasteiger partial charge in [-0.25, -0.2) is 9.59 Å². The van der Waals surface area contributed by atoms with Crippen molar-refractivity contribution in [1.82, 2.24) is 10.6 Å². The quantitative estimate of drug-likeness (QED) is 0.534. The van der Waals surface area contributed by atoms with Gasteiger partial charge >= 0.3 is 12.1 Å². The molecule has 1 aromatic rings. The summed E-state index contributed by atoms with van der Waals surface area (Å²) in [6.45, 7) is 10.9. The summed E-state index contributed by atoms with van der Waals surface area (Å²) in [5.41, 5.74) is 0.230. The maximum Gasteiger partial charge on any atom is 0.408 e. The first kappa shape index (κ1) is 25.4. The number of rotatable bonds is 10. The molecule has 168 valence electrons. The molecule has 3 N–H and O–H groups in total. The van der Waals surface area contributed by atoms with Crippen LogP contribution >= 0.6 is 0 Å². The molecule has 0 aliphatic rings. The van der Waals surface area contributed by atoms with Crippen LogP contribution in [-0.2, 0) is 25.7 Å². The fourth-order valence-electron chi connectivity index (χ4n) is 2.87. The van der Waals surface area contributed by atoms with Crippen LogP contribution < -0.4 is 10.6 Å². The van der Waals surface area contributed by atoms with Crippen molar-refractivity contribution in [3.63, 3.8) is 0 Å². The van der Waals surface area contributed by atoms with Gasteiger partial charge < -0.3 is 25.2 Å². The van der Waals surface area contributed by atoms with Gasteiger partial charge in [0.1, 0.15) is 18.7 Å². The Morgan fingerprint density at radius 3 is 2.13 bits per heavy atom. The minimum atomic E-state index is -1.13. The fourth-order valence-corrected chi connectivity index (χ4v) is 2.87. The van der Waals surface area contributed by atoms with Crippen LogP contribution in [0.3, 0.4) is 0 Å². The number of nitrogens with one attached hydrogen (secondary N) is 2. The monoisotopic (exact) mass is 422 g/mol. The van der Waals surface area contributed by atoms with E-state index < -0.39 is 41.8 Å². The number of aliphatic carboxylic acids is 1. The van der Waals surface area contributed by atoms with E-state index in [-0.39, 0.29) is 18.9 Å². The molecule has 8 heteroatoms. The van der Waals surface area contributed by atoms with Gasteiger partial charge in [0.25, 0.3) is 0 Å². The molecule has 0 aliphatic carbocycles.